The predicted octanol–water partition coefficient (Wildman–Crippen LogP) is 3.58. The number of nitrogens with one attached hydrogen (secondary N) is 2. The summed E-state index contributed by atoms with van der Waals surface area (Å²) in [5.74, 6) is 0.642. The van der Waals surface area contributed by atoms with Crippen LogP contribution in [0.1, 0.15) is 16.1 Å². The summed E-state index contributed by atoms with van der Waals surface area (Å²) in [7, 11) is 0. The number of amides is 1. The zero-order chi connectivity index (χ0) is 17.5. The lowest BCUT2D eigenvalue weighted by Gasteiger charge is -2.10. The summed E-state index contributed by atoms with van der Waals surface area (Å²) in [6.07, 6.45) is 2.57. The average molecular weight is 340 g/mol. The van der Waals surface area contributed by atoms with Gasteiger partial charge in [-0.3, -0.25) is 4.79 Å². The first-order valence-electron chi connectivity index (χ1n) is 8.60. The van der Waals surface area contributed by atoms with Crippen molar-refractivity contribution in [1.29, 1.82) is 0 Å². The van der Waals surface area contributed by atoms with E-state index in [-0.39, 0.29) is 5.91 Å². The van der Waals surface area contributed by atoms with Gasteiger partial charge in [-0.15, -0.1) is 0 Å². The summed E-state index contributed by atoms with van der Waals surface area (Å²) < 4.78 is 0. The van der Waals surface area contributed by atoms with Crippen molar-refractivity contribution in [2.45, 2.75) is 6.42 Å². The van der Waals surface area contributed by atoms with Gasteiger partial charge >= 0.3 is 0 Å². The molecule has 3 heterocycles. The number of fused-ring (bicyclic) bond motifs is 2. The minimum Gasteiger partial charge on any atom is -0.356 e. The summed E-state index contributed by atoms with van der Waals surface area (Å²) in [4.78, 5) is 24.5. The maximum Gasteiger partial charge on any atom is 0.253 e. The van der Waals surface area contributed by atoms with Gasteiger partial charge in [0.05, 0.1) is 17.0 Å². The normalized spacial score (nSPS) is 13.5. The highest BCUT2D eigenvalue weighted by Gasteiger charge is 2.20. The van der Waals surface area contributed by atoms with E-state index in [0.717, 1.165) is 34.5 Å². The van der Waals surface area contributed by atoms with Gasteiger partial charge in [0.25, 0.3) is 5.91 Å². The fraction of sp³-hybridized carbons (Fsp3) is 0.0952. The SMILES string of the molecule is O=C1NCCc2[nH]c(-c3ccnc(-c4ccc5ccccc5c4)n3)cc21. The second-order valence-corrected chi connectivity index (χ2v) is 6.41. The molecule has 126 valence electrons. The second-order valence-electron chi connectivity index (χ2n) is 6.41. The van der Waals surface area contributed by atoms with Crippen molar-refractivity contribution in [3.05, 3.63) is 72.1 Å². The topological polar surface area (TPSA) is 70.7 Å². The van der Waals surface area contributed by atoms with Gasteiger partial charge in [-0.2, -0.15) is 0 Å². The van der Waals surface area contributed by atoms with Gasteiger partial charge in [0.15, 0.2) is 5.82 Å². The number of aromatic nitrogens is 3. The Morgan fingerprint density at radius 1 is 0.962 bits per heavy atom. The highest BCUT2D eigenvalue weighted by Crippen LogP contribution is 2.26. The number of hydrogen-bond acceptors (Lipinski definition) is 3. The van der Waals surface area contributed by atoms with Crippen LogP contribution in [0.5, 0.6) is 0 Å². The molecule has 0 radical (unpaired) electrons. The molecule has 0 bridgehead atoms. The number of carbonyl (C=O) groups is 1. The number of carbonyl (C=O) groups excluding carboxylic acids is 1. The third-order valence-electron chi connectivity index (χ3n) is 4.74. The Morgan fingerprint density at radius 3 is 2.73 bits per heavy atom. The molecule has 1 amide bonds. The quantitative estimate of drug-likeness (QED) is 0.586. The van der Waals surface area contributed by atoms with E-state index in [2.05, 4.69) is 39.6 Å². The van der Waals surface area contributed by atoms with E-state index < -0.39 is 0 Å². The fourth-order valence-corrected chi connectivity index (χ4v) is 3.41. The molecule has 0 saturated carbocycles. The molecule has 5 rings (SSSR count). The van der Waals surface area contributed by atoms with Crippen LogP contribution in [0.2, 0.25) is 0 Å². The van der Waals surface area contributed by atoms with Crippen LogP contribution in [0.4, 0.5) is 0 Å². The number of nitrogens with zero attached hydrogens (tertiary/aromatic N) is 2. The number of H-pyrrole nitrogens is 1. The second kappa shape index (κ2) is 5.81. The zero-order valence-corrected chi connectivity index (χ0v) is 14.0. The van der Waals surface area contributed by atoms with Crippen LogP contribution in [-0.4, -0.2) is 27.4 Å². The van der Waals surface area contributed by atoms with E-state index >= 15 is 0 Å². The maximum absolute atomic E-state index is 12.0. The molecule has 1 aliphatic heterocycles. The molecule has 0 atom stereocenters. The molecule has 2 N–H and O–H groups in total. The molecule has 2 aromatic carbocycles. The van der Waals surface area contributed by atoms with Crippen LogP contribution in [0, 0.1) is 0 Å². The van der Waals surface area contributed by atoms with E-state index in [1.54, 1.807) is 6.20 Å². The van der Waals surface area contributed by atoms with E-state index in [9.17, 15) is 4.79 Å². The molecule has 0 unspecified atom stereocenters. The lowest BCUT2D eigenvalue weighted by molar-refractivity contribution is 0.0946. The number of aromatic amines is 1. The van der Waals surface area contributed by atoms with Gasteiger partial charge in [0.2, 0.25) is 0 Å². The smallest absolute Gasteiger partial charge is 0.253 e. The summed E-state index contributed by atoms with van der Waals surface area (Å²) in [6.45, 7) is 0.665. The Hall–Kier alpha value is -3.47. The van der Waals surface area contributed by atoms with Crippen LogP contribution in [-0.2, 0) is 6.42 Å². The minimum atomic E-state index is -0.0300. The average Bonchev–Trinajstić information content (AvgIpc) is 3.14. The van der Waals surface area contributed by atoms with Crippen molar-refractivity contribution in [3.8, 4) is 22.8 Å². The highest BCUT2D eigenvalue weighted by atomic mass is 16.1. The first-order chi connectivity index (χ1) is 12.8. The van der Waals surface area contributed by atoms with Crippen molar-refractivity contribution in [3.63, 3.8) is 0 Å². The van der Waals surface area contributed by atoms with Gasteiger partial charge in [0, 0.05) is 30.4 Å². The number of rotatable bonds is 2. The molecule has 5 nitrogen and oxygen atoms in total. The fourth-order valence-electron chi connectivity index (χ4n) is 3.41. The first-order valence-corrected chi connectivity index (χ1v) is 8.60. The molecular formula is C21H16N4O. The molecule has 0 fully saturated rings. The van der Waals surface area contributed by atoms with Crippen LogP contribution in [0.3, 0.4) is 0 Å². The Kier molecular flexibility index (Phi) is 3.31. The van der Waals surface area contributed by atoms with Gasteiger partial charge in [-0.1, -0.05) is 36.4 Å². The number of hydrogen-bond donors (Lipinski definition) is 2. The Balaban J connectivity index is 1.57. The van der Waals surface area contributed by atoms with Gasteiger partial charge in [-0.25, -0.2) is 9.97 Å². The standard InChI is InChI=1S/C21H16N4O/c26-21-16-12-19(24-17(16)7-10-23-21)18-8-9-22-20(25-18)15-6-5-13-3-1-2-4-14(13)11-15/h1-6,8-9,11-12,24H,7,10H2,(H,23,26). The summed E-state index contributed by atoms with van der Waals surface area (Å²) >= 11 is 0. The summed E-state index contributed by atoms with van der Waals surface area (Å²) in [6, 6.07) is 18.2. The summed E-state index contributed by atoms with van der Waals surface area (Å²) in [5, 5.41) is 5.21. The molecular weight excluding hydrogens is 324 g/mol. The highest BCUT2D eigenvalue weighted by molar-refractivity contribution is 5.97. The van der Waals surface area contributed by atoms with Crippen molar-refractivity contribution in [1.82, 2.24) is 20.3 Å². The summed E-state index contributed by atoms with van der Waals surface area (Å²) in [5.41, 5.74) is 4.27. The van der Waals surface area contributed by atoms with Gasteiger partial charge in [0.1, 0.15) is 0 Å². The zero-order valence-electron chi connectivity index (χ0n) is 14.0. The van der Waals surface area contributed by atoms with Gasteiger partial charge < -0.3 is 10.3 Å². The van der Waals surface area contributed by atoms with Crippen LogP contribution in [0.25, 0.3) is 33.5 Å². The van der Waals surface area contributed by atoms with Crippen LogP contribution >= 0.6 is 0 Å². The molecule has 0 aliphatic carbocycles. The predicted molar refractivity (Wildman–Crippen MR) is 101 cm³/mol. The van der Waals surface area contributed by atoms with Gasteiger partial charge in [-0.05, 0) is 29.0 Å². The third-order valence-corrected chi connectivity index (χ3v) is 4.74. The van der Waals surface area contributed by atoms with Crippen molar-refractivity contribution in [2.75, 3.05) is 6.54 Å². The van der Waals surface area contributed by atoms with Crippen molar-refractivity contribution < 1.29 is 4.79 Å². The molecule has 26 heavy (non-hydrogen) atoms. The molecule has 0 spiro atoms. The lowest BCUT2D eigenvalue weighted by Crippen LogP contribution is -2.31. The van der Waals surface area contributed by atoms with Crippen molar-refractivity contribution >= 4 is 16.7 Å². The van der Waals surface area contributed by atoms with E-state index in [0.29, 0.717) is 17.9 Å². The monoisotopic (exact) mass is 340 g/mol. The molecule has 1 aliphatic rings. The van der Waals surface area contributed by atoms with Crippen LogP contribution < -0.4 is 5.32 Å². The Morgan fingerprint density at radius 2 is 1.85 bits per heavy atom. The molecule has 4 aromatic rings. The maximum atomic E-state index is 12.0. The lowest BCUT2D eigenvalue weighted by atomic mass is 10.1. The van der Waals surface area contributed by atoms with Crippen molar-refractivity contribution in [2.24, 2.45) is 0 Å². The first kappa shape index (κ1) is 14.8. The van der Waals surface area contributed by atoms with E-state index in [1.807, 2.05) is 30.3 Å². The minimum absolute atomic E-state index is 0.0300. The Bertz CT molecular complexity index is 1150. The van der Waals surface area contributed by atoms with E-state index in [1.165, 1.54) is 5.39 Å². The molecule has 2 aromatic heterocycles. The molecule has 5 heteroatoms. The van der Waals surface area contributed by atoms with E-state index in [4.69, 9.17) is 4.98 Å². The van der Waals surface area contributed by atoms with Crippen LogP contribution in [0.15, 0.2) is 60.8 Å². The molecule has 0 saturated heterocycles. The number of benzene rings is 2. The Labute approximate surface area is 150 Å². The third kappa shape index (κ3) is 2.45. The largest absolute Gasteiger partial charge is 0.356 e.